The number of aromatic nitrogens is 3. The number of aromatic amines is 1. The molecule has 0 saturated carbocycles. The molecule has 1 fully saturated rings. The van der Waals surface area contributed by atoms with Gasteiger partial charge in [0.2, 0.25) is 10.0 Å². The molecule has 1 atom stereocenters. The lowest BCUT2D eigenvalue weighted by molar-refractivity contribution is 0.379. The Labute approximate surface area is 179 Å². The molecule has 152 valence electrons. The van der Waals surface area contributed by atoms with E-state index in [1.54, 1.807) is 16.4 Å². The van der Waals surface area contributed by atoms with Crippen LogP contribution in [-0.4, -0.2) is 34.0 Å². The Bertz CT molecular complexity index is 1380. The van der Waals surface area contributed by atoms with Crippen molar-refractivity contribution in [3.05, 3.63) is 83.4 Å². The third kappa shape index (κ3) is 3.17. The van der Waals surface area contributed by atoms with Crippen LogP contribution in [0.25, 0.3) is 16.5 Å². The molecule has 1 saturated heterocycles. The van der Waals surface area contributed by atoms with E-state index in [9.17, 15) is 8.42 Å². The molecule has 30 heavy (non-hydrogen) atoms. The van der Waals surface area contributed by atoms with Crippen molar-refractivity contribution in [3.63, 3.8) is 0 Å². The molecule has 0 bridgehead atoms. The zero-order valence-electron chi connectivity index (χ0n) is 16.1. The summed E-state index contributed by atoms with van der Waals surface area (Å²) in [4.78, 5) is 0.300. The Morgan fingerprint density at radius 2 is 1.70 bits per heavy atom. The molecule has 6 nitrogen and oxygen atoms in total. The number of rotatable bonds is 4. The van der Waals surface area contributed by atoms with Crippen LogP contribution in [-0.2, 0) is 10.0 Å². The van der Waals surface area contributed by atoms with E-state index in [1.807, 2.05) is 65.2 Å². The lowest BCUT2D eigenvalue weighted by Crippen LogP contribution is -2.32. The SMILES string of the molecule is O=S(=O)(c1ccc2ccccc2c1)N1CCCC1c1n[nH]c(=S)n1-c1ccccc1. The van der Waals surface area contributed by atoms with Gasteiger partial charge in [0.25, 0.3) is 0 Å². The molecular formula is C22H20N4O2S2. The Morgan fingerprint density at radius 1 is 0.967 bits per heavy atom. The number of nitrogens with zero attached hydrogens (tertiary/aromatic N) is 3. The minimum atomic E-state index is -3.69. The highest BCUT2D eigenvalue weighted by Gasteiger charge is 2.39. The van der Waals surface area contributed by atoms with Gasteiger partial charge in [-0.3, -0.25) is 9.67 Å². The van der Waals surface area contributed by atoms with E-state index in [0.717, 1.165) is 22.9 Å². The minimum Gasteiger partial charge on any atom is -0.271 e. The molecule has 1 aliphatic heterocycles. The first-order chi connectivity index (χ1) is 14.6. The number of hydrogen-bond acceptors (Lipinski definition) is 4. The summed E-state index contributed by atoms with van der Waals surface area (Å²) in [6.45, 7) is 0.453. The summed E-state index contributed by atoms with van der Waals surface area (Å²) in [5.74, 6) is 0.619. The number of sulfonamides is 1. The van der Waals surface area contributed by atoms with Crippen LogP contribution in [0.4, 0.5) is 0 Å². The summed E-state index contributed by atoms with van der Waals surface area (Å²) in [7, 11) is -3.69. The van der Waals surface area contributed by atoms with Gasteiger partial charge < -0.3 is 0 Å². The van der Waals surface area contributed by atoms with Crippen LogP contribution in [0.2, 0.25) is 0 Å². The Balaban J connectivity index is 1.58. The van der Waals surface area contributed by atoms with Crippen LogP contribution >= 0.6 is 12.2 Å². The van der Waals surface area contributed by atoms with Crippen molar-refractivity contribution in [2.75, 3.05) is 6.54 Å². The molecule has 1 aliphatic rings. The van der Waals surface area contributed by atoms with E-state index >= 15 is 0 Å². The molecule has 4 aromatic rings. The van der Waals surface area contributed by atoms with Gasteiger partial charge in [-0.1, -0.05) is 48.5 Å². The predicted octanol–water partition coefficient (Wildman–Crippen LogP) is 4.61. The normalized spacial score (nSPS) is 17.5. The minimum absolute atomic E-state index is 0.300. The molecule has 0 spiro atoms. The standard InChI is InChI=1S/C22H20N4O2S2/c27-30(28,19-13-12-16-7-4-5-8-17(16)15-19)25-14-6-11-20(25)21-23-24-22(29)26(21)18-9-2-1-3-10-18/h1-5,7-10,12-13,15,20H,6,11,14H2,(H,24,29). The van der Waals surface area contributed by atoms with Gasteiger partial charge in [0, 0.05) is 12.2 Å². The van der Waals surface area contributed by atoms with Crippen molar-refractivity contribution in [1.82, 2.24) is 19.1 Å². The Hall–Kier alpha value is -2.81. The third-order valence-electron chi connectivity index (χ3n) is 5.54. The molecule has 1 N–H and O–H groups in total. The highest BCUT2D eigenvalue weighted by molar-refractivity contribution is 7.89. The van der Waals surface area contributed by atoms with E-state index in [1.165, 1.54) is 0 Å². The summed E-state index contributed by atoms with van der Waals surface area (Å²) in [6, 6.07) is 22.3. The molecule has 2 heterocycles. The summed E-state index contributed by atoms with van der Waals surface area (Å²) < 4.78 is 31.0. The molecule has 1 unspecified atom stereocenters. The van der Waals surface area contributed by atoms with Crippen LogP contribution in [0.5, 0.6) is 0 Å². The van der Waals surface area contributed by atoms with Crippen molar-refractivity contribution in [2.24, 2.45) is 0 Å². The van der Waals surface area contributed by atoms with Crippen LogP contribution in [0.15, 0.2) is 77.7 Å². The van der Waals surface area contributed by atoms with Gasteiger partial charge in [0.05, 0.1) is 10.9 Å². The Kier molecular flexibility index (Phi) is 4.77. The summed E-state index contributed by atoms with van der Waals surface area (Å²) >= 11 is 5.45. The number of para-hydroxylation sites is 1. The van der Waals surface area contributed by atoms with Crippen molar-refractivity contribution in [1.29, 1.82) is 0 Å². The fourth-order valence-electron chi connectivity index (χ4n) is 4.11. The molecule has 0 aliphatic carbocycles. The van der Waals surface area contributed by atoms with Gasteiger partial charge in [-0.15, -0.1) is 0 Å². The molecule has 8 heteroatoms. The summed E-state index contributed by atoms with van der Waals surface area (Å²) in [5, 5.41) is 9.18. The quantitative estimate of drug-likeness (QED) is 0.474. The molecule has 0 amide bonds. The maximum Gasteiger partial charge on any atom is 0.243 e. The zero-order valence-corrected chi connectivity index (χ0v) is 17.7. The highest BCUT2D eigenvalue weighted by atomic mass is 32.2. The number of hydrogen-bond donors (Lipinski definition) is 1. The largest absolute Gasteiger partial charge is 0.271 e. The van der Waals surface area contributed by atoms with Crippen LogP contribution in [0.3, 0.4) is 0 Å². The van der Waals surface area contributed by atoms with Crippen molar-refractivity contribution in [3.8, 4) is 5.69 Å². The topological polar surface area (TPSA) is 71.0 Å². The van der Waals surface area contributed by atoms with E-state index < -0.39 is 10.0 Å². The molecule has 1 aromatic heterocycles. The number of benzene rings is 3. The van der Waals surface area contributed by atoms with Gasteiger partial charge in [-0.05, 0) is 60.1 Å². The maximum atomic E-state index is 13.6. The van der Waals surface area contributed by atoms with E-state index in [4.69, 9.17) is 12.2 Å². The van der Waals surface area contributed by atoms with E-state index in [2.05, 4.69) is 10.2 Å². The first kappa shape index (κ1) is 19.2. The highest BCUT2D eigenvalue weighted by Crippen LogP contribution is 2.37. The van der Waals surface area contributed by atoms with Gasteiger partial charge in [0.1, 0.15) is 0 Å². The van der Waals surface area contributed by atoms with E-state index in [-0.39, 0.29) is 6.04 Å². The first-order valence-electron chi connectivity index (χ1n) is 9.79. The summed E-state index contributed by atoms with van der Waals surface area (Å²) in [5.41, 5.74) is 0.862. The first-order valence-corrected chi connectivity index (χ1v) is 11.6. The van der Waals surface area contributed by atoms with Gasteiger partial charge in [-0.25, -0.2) is 8.42 Å². The lowest BCUT2D eigenvalue weighted by atomic mass is 10.1. The van der Waals surface area contributed by atoms with Crippen LogP contribution in [0.1, 0.15) is 24.7 Å². The third-order valence-corrected chi connectivity index (χ3v) is 7.72. The number of fused-ring (bicyclic) bond motifs is 1. The smallest absolute Gasteiger partial charge is 0.243 e. The van der Waals surface area contributed by atoms with Crippen molar-refractivity contribution < 1.29 is 8.42 Å². The van der Waals surface area contributed by atoms with Gasteiger partial charge >= 0.3 is 0 Å². The fourth-order valence-corrected chi connectivity index (χ4v) is 6.04. The predicted molar refractivity (Wildman–Crippen MR) is 119 cm³/mol. The second kappa shape index (κ2) is 7.46. The van der Waals surface area contributed by atoms with E-state index in [0.29, 0.717) is 28.5 Å². The van der Waals surface area contributed by atoms with Crippen molar-refractivity contribution >= 4 is 33.0 Å². The summed E-state index contributed by atoms with van der Waals surface area (Å²) in [6.07, 6.45) is 1.46. The van der Waals surface area contributed by atoms with Crippen molar-refractivity contribution in [2.45, 2.75) is 23.8 Å². The lowest BCUT2D eigenvalue weighted by Gasteiger charge is -2.24. The molecule has 0 radical (unpaired) electrons. The molecule has 3 aromatic carbocycles. The average Bonchev–Trinajstić information content (AvgIpc) is 3.41. The fraction of sp³-hybridized carbons (Fsp3) is 0.182. The Morgan fingerprint density at radius 3 is 2.50 bits per heavy atom. The average molecular weight is 437 g/mol. The number of H-pyrrole nitrogens is 1. The van der Waals surface area contributed by atoms with Crippen LogP contribution < -0.4 is 0 Å². The molecule has 5 rings (SSSR count). The maximum absolute atomic E-state index is 13.6. The zero-order chi connectivity index (χ0) is 20.7. The number of nitrogens with one attached hydrogen (secondary N) is 1. The van der Waals surface area contributed by atoms with Gasteiger partial charge in [-0.2, -0.15) is 9.40 Å². The second-order valence-electron chi connectivity index (χ2n) is 7.34. The van der Waals surface area contributed by atoms with Crippen LogP contribution in [0, 0.1) is 4.77 Å². The monoisotopic (exact) mass is 436 g/mol. The second-order valence-corrected chi connectivity index (χ2v) is 9.62. The van der Waals surface area contributed by atoms with Gasteiger partial charge in [0.15, 0.2) is 10.6 Å². The molecular weight excluding hydrogens is 416 g/mol.